The van der Waals surface area contributed by atoms with Crippen LogP contribution >= 0.6 is 0 Å². The van der Waals surface area contributed by atoms with Gasteiger partial charge in [0, 0.05) is 43.6 Å². The fraction of sp³-hybridized carbons (Fsp3) is 0.526. The van der Waals surface area contributed by atoms with Crippen LogP contribution in [0.3, 0.4) is 0 Å². The second-order valence-electron chi connectivity index (χ2n) is 7.09. The molecule has 4 rings (SSSR count). The van der Waals surface area contributed by atoms with E-state index < -0.39 is 6.10 Å². The van der Waals surface area contributed by atoms with E-state index in [1.54, 1.807) is 10.9 Å². The lowest BCUT2D eigenvalue weighted by Gasteiger charge is -2.27. The zero-order valence-electron chi connectivity index (χ0n) is 14.3. The number of fused-ring (bicyclic) bond motifs is 1. The average molecular weight is 326 g/mol. The Labute approximate surface area is 143 Å². The Bertz CT molecular complexity index is 711. The fourth-order valence-corrected chi connectivity index (χ4v) is 4.14. The lowest BCUT2D eigenvalue weighted by molar-refractivity contribution is 0.118. The summed E-state index contributed by atoms with van der Waals surface area (Å²) < 4.78 is 1.75. The van der Waals surface area contributed by atoms with Crippen LogP contribution in [-0.4, -0.2) is 38.9 Å². The predicted octanol–water partition coefficient (Wildman–Crippen LogP) is 2.48. The van der Waals surface area contributed by atoms with E-state index in [2.05, 4.69) is 33.5 Å². The normalized spacial score (nSPS) is 21.7. The minimum Gasteiger partial charge on any atom is -0.388 e. The molecule has 1 aromatic carbocycles. The number of anilines is 1. The number of likely N-dealkylation sites (tertiary alicyclic amines) is 1. The third kappa shape index (κ3) is 3.06. The van der Waals surface area contributed by atoms with Crippen molar-refractivity contribution in [2.24, 2.45) is 7.05 Å². The summed E-state index contributed by atoms with van der Waals surface area (Å²) in [4.78, 5) is 2.54. The molecule has 1 saturated heterocycles. The molecule has 2 unspecified atom stereocenters. The molecule has 128 valence electrons. The summed E-state index contributed by atoms with van der Waals surface area (Å²) in [5, 5.41) is 18.3. The van der Waals surface area contributed by atoms with Gasteiger partial charge in [-0.1, -0.05) is 18.2 Å². The third-order valence-electron chi connectivity index (χ3n) is 5.41. The van der Waals surface area contributed by atoms with E-state index in [1.165, 1.54) is 29.7 Å². The number of hydrogen-bond donors (Lipinski definition) is 2. The van der Waals surface area contributed by atoms with Crippen LogP contribution in [0.15, 0.2) is 30.6 Å². The summed E-state index contributed by atoms with van der Waals surface area (Å²) in [5.41, 5.74) is 5.11. The molecule has 0 spiro atoms. The number of nitrogens with one attached hydrogen (secondary N) is 1. The monoisotopic (exact) mass is 326 g/mol. The highest BCUT2D eigenvalue weighted by Crippen LogP contribution is 2.32. The first-order valence-electron chi connectivity index (χ1n) is 8.96. The molecule has 3 heterocycles. The number of aryl methyl sites for hydroxylation is 1. The van der Waals surface area contributed by atoms with Crippen molar-refractivity contribution in [2.75, 3.05) is 18.4 Å². The Morgan fingerprint density at radius 2 is 2.33 bits per heavy atom. The molecule has 0 aliphatic carbocycles. The maximum atomic E-state index is 10.5. The van der Waals surface area contributed by atoms with Gasteiger partial charge >= 0.3 is 0 Å². The van der Waals surface area contributed by atoms with Crippen molar-refractivity contribution in [3.8, 4) is 0 Å². The number of para-hydroxylation sites is 1. The molecule has 2 aliphatic heterocycles. The maximum absolute atomic E-state index is 10.5. The lowest BCUT2D eigenvalue weighted by atomic mass is 10.0. The first-order chi connectivity index (χ1) is 11.7. The molecule has 2 atom stereocenters. The van der Waals surface area contributed by atoms with E-state index in [0.29, 0.717) is 6.04 Å². The Balaban J connectivity index is 1.44. The molecule has 5 heteroatoms. The van der Waals surface area contributed by atoms with E-state index in [-0.39, 0.29) is 0 Å². The second kappa shape index (κ2) is 6.57. The predicted molar refractivity (Wildman–Crippen MR) is 94.9 cm³/mol. The Morgan fingerprint density at radius 3 is 3.17 bits per heavy atom. The lowest BCUT2D eigenvalue weighted by Crippen LogP contribution is -2.30. The van der Waals surface area contributed by atoms with Crippen molar-refractivity contribution < 1.29 is 5.11 Å². The summed E-state index contributed by atoms with van der Waals surface area (Å²) in [6.07, 6.45) is 7.56. The molecule has 0 bridgehead atoms. The van der Waals surface area contributed by atoms with Crippen molar-refractivity contribution in [1.29, 1.82) is 0 Å². The summed E-state index contributed by atoms with van der Waals surface area (Å²) in [6, 6.07) is 7.09. The topological polar surface area (TPSA) is 53.3 Å². The van der Waals surface area contributed by atoms with Gasteiger partial charge in [-0.15, -0.1) is 0 Å². The Kier molecular flexibility index (Phi) is 4.29. The van der Waals surface area contributed by atoms with E-state index in [9.17, 15) is 5.11 Å². The van der Waals surface area contributed by atoms with Gasteiger partial charge in [-0.2, -0.15) is 5.10 Å². The van der Waals surface area contributed by atoms with Crippen LogP contribution in [0.4, 0.5) is 5.69 Å². The van der Waals surface area contributed by atoms with E-state index in [0.717, 1.165) is 38.0 Å². The van der Waals surface area contributed by atoms with Crippen molar-refractivity contribution in [1.82, 2.24) is 14.7 Å². The van der Waals surface area contributed by atoms with Gasteiger partial charge in [-0.25, -0.2) is 0 Å². The summed E-state index contributed by atoms with van der Waals surface area (Å²) in [6.45, 7) is 3.14. The molecular weight excluding hydrogens is 300 g/mol. The smallest absolute Gasteiger partial charge is 0.0835 e. The maximum Gasteiger partial charge on any atom is 0.0835 e. The molecule has 5 nitrogen and oxygen atoms in total. The quantitative estimate of drug-likeness (QED) is 0.886. The highest BCUT2D eigenvalue weighted by Gasteiger charge is 2.28. The van der Waals surface area contributed by atoms with Gasteiger partial charge < -0.3 is 10.4 Å². The fourth-order valence-electron chi connectivity index (χ4n) is 4.14. The van der Waals surface area contributed by atoms with E-state index >= 15 is 0 Å². The largest absolute Gasteiger partial charge is 0.388 e. The first kappa shape index (κ1) is 15.7. The highest BCUT2D eigenvalue weighted by atomic mass is 16.3. The number of aliphatic hydroxyl groups is 1. The van der Waals surface area contributed by atoms with E-state index in [4.69, 9.17) is 0 Å². The molecule has 1 fully saturated rings. The number of hydrogen-bond acceptors (Lipinski definition) is 4. The molecule has 2 aromatic rings. The Hall–Kier alpha value is -1.85. The molecule has 24 heavy (non-hydrogen) atoms. The number of nitrogens with zero attached hydrogens (tertiary/aromatic N) is 3. The minimum absolute atomic E-state index is 0.427. The van der Waals surface area contributed by atoms with Crippen molar-refractivity contribution in [2.45, 2.75) is 44.4 Å². The molecule has 2 N–H and O–H groups in total. The van der Waals surface area contributed by atoms with Crippen LogP contribution < -0.4 is 5.32 Å². The van der Waals surface area contributed by atoms with Crippen LogP contribution in [0.2, 0.25) is 0 Å². The standard InChI is InChI=1S/C19H26N4O/c1-22-12-16(11-21-22)18(24)10-17-6-3-9-23(17)13-15-5-2-4-14-7-8-20-19(14)15/h2,4-5,11-12,17-18,20,24H,3,6-10,13H2,1H3. The third-order valence-corrected chi connectivity index (χ3v) is 5.41. The van der Waals surface area contributed by atoms with Crippen LogP contribution in [0.1, 0.15) is 42.1 Å². The SMILES string of the molecule is Cn1cc(C(O)CC2CCCN2Cc2cccc3c2NCC3)cn1. The summed E-state index contributed by atoms with van der Waals surface area (Å²) in [5.74, 6) is 0. The van der Waals surface area contributed by atoms with Gasteiger partial charge in [-0.3, -0.25) is 9.58 Å². The Morgan fingerprint density at radius 1 is 1.42 bits per heavy atom. The van der Waals surface area contributed by atoms with Crippen molar-refractivity contribution in [3.05, 3.63) is 47.3 Å². The molecule has 0 amide bonds. The first-order valence-corrected chi connectivity index (χ1v) is 8.96. The number of aliphatic hydroxyl groups excluding tert-OH is 1. The van der Waals surface area contributed by atoms with Crippen LogP contribution in [0, 0.1) is 0 Å². The van der Waals surface area contributed by atoms with Crippen LogP contribution in [0.25, 0.3) is 0 Å². The van der Waals surface area contributed by atoms with E-state index in [1.807, 2.05) is 13.2 Å². The number of aromatic nitrogens is 2. The zero-order valence-corrected chi connectivity index (χ0v) is 14.3. The summed E-state index contributed by atoms with van der Waals surface area (Å²) >= 11 is 0. The van der Waals surface area contributed by atoms with Gasteiger partial charge in [-0.05, 0) is 43.4 Å². The van der Waals surface area contributed by atoms with Crippen molar-refractivity contribution in [3.63, 3.8) is 0 Å². The molecule has 2 aliphatic rings. The van der Waals surface area contributed by atoms with Gasteiger partial charge in [0.25, 0.3) is 0 Å². The van der Waals surface area contributed by atoms with Crippen molar-refractivity contribution >= 4 is 5.69 Å². The number of rotatable bonds is 5. The average Bonchev–Trinajstić information content (AvgIpc) is 3.29. The van der Waals surface area contributed by atoms with Gasteiger partial charge in [0.1, 0.15) is 0 Å². The molecule has 0 saturated carbocycles. The minimum atomic E-state index is -0.427. The van der Waals surface area contributed by atoms with Gasteiger partial charge in [0.15, 0.2) is 0 Å². The molecule has 0 radical (unpaired) electrons. The highest BCUT2D eigenvalue weighted by molar-refractivity contribution is 5.61. The van der Waals surface area contributed by atoms with Crippen LogP contribution in [0.5, 0.6) is 0 Å². The zero-order chi connectivity index (χ0) is 16.5. The summed E-state index contributed by atoms with van der Waals surface area (Å²) in [7, 11) is 1.89. The van der Waals surface area contributed by atoms with Gasteiger partial charge in [0.2, 0.25) is 0 Å². The number of benzene rings is 1. The molecular formula is C19H26N4O. The van der Waals surface area contributed by atoms with Crippen LogP contribution in [-0.2, 0) is 20.0 Å². The van der Waals surface area contributed by atoms with Gasteiger partial charge in [0.05, 0.1) is 12.3 Å². The molecule has 1 aromatic heterocycles. The second-order valence-corrected chi connectivity index (χ2v) is 7.09.